The van der Waals surface area contributed by atoms with E-state index >= 15 is 0 Å². The minimum Gasteiger partial charge on any atom is -0.454 e. The number of fused-ring (bicyclic) bond motifs is 1. The van der Waals surface area contributed by atoms with Crippen LogP contribution in [0, 0.1) is 0 Å². The predicted octanol–water partition coefficient (Wildman–Crippen LogP) is 3.34. The van der Waals surface area contributed by atoms with Gasteiger partial charge in [-0.15, -0.1) is 0 Å². The van der Waals surface area contributed by atoms with E-state index in [4.69, 9.17) is 9.47 Å². The van der Waals surface area contributed by atoms with Crippen molar-refractivity contribution in [1.29, 1.82) is 0 Å². The molecule has 1 N–H and O–H groups in total. The zero-order chi connectivity index (χ0) is 15.4. The highest BCUT2D eigenvalue weighted by Crippen LogP contribution is 2.32. The van der Waals surface area contributed by atoms with E-state index in [9.17, 15) is 4.79 Å². The van der Waals surface area contributed by atoms with Crippen LogP contribution in [0.25, 0.3) is 0 Å². The minimum absolute atomic E-state index is 0.0847. The summed E-state index contributed by atoms with van der Waals surface area (Å²) in [6.45, 7) is 3.03. The predicted molar refractivity (Wildman–Crippen MR) is 84.4 cm³/mol. The molecule has 2 aromatic carbocycles. The monoisotopic (exact) mass is 297 g/mol. The van der Waals surface area contributed by atoms with Crippen molar-refractivity contribution in [2.45, 2.75) is 19.3 Å². The van der Waals surface area contributed by atoms with Crippen LogP contribution in [-0.2, 0) is 0 Å². The van der Waals surface area contributed by atoms with Crippen LogP contribution in [0.5, 0.6) is 11.5 Å². The maximum Gasteiger partial charge on any atom is 0.251 e. The number of ether oxygens (including phenoxy) is 2. The first-order chi connectivity index (χ1) is 10.7. The molecule has 0 saturated carbocycles. The van der Waals surface area contributed by atoms with Gasteiger partial charge in [-0.2, -0.15) is 0 Å². The summed E-state index contributed by atoms with van der Waals surface area (Å²) in [5, 5.41) is 2.96. The molecule has 0 aliphatic carbocycles. The first kappa shape index (κ1) is 14.4. The summed E-state index contributed by atoms with van der Waals surface area (Å²) in [4.78, 5) is 12.2. The highest BCUT2D eigenvalue weighted by Gasteiger charge is 2.16. The van der Waals surface area contributed by atoms with Gasteiger partial charge in [0.2, 0.25) is 6.79 Å². The van der Waals surface area contributed by atoms with Crippen molar-refractivity contribution in [3.05, 3.63) is 59.7 Å². The molecule has 1 atom stereocenters. The molecule has 1 aliphatic heterocycles. The van der Waals surface area contributed by atoms with Crippen LogP contribution in [0.4, 0.5) is 0 Å². The molecule has 1 unspecified atom stereocenters. The molecule has 2 aromatic rings. The van der Waals surface area contributed by atoms with Gasteiger partial charge in [-0.3, -0.25) is 4.79 Å². The highest BCUT2D eigenvalue weighted by molar-refractivity contribution is 5.94. The van der Waals surface area contributed by atoms with E-state index in [1.807, 2.05) is 18.2 Å². The Morgan fingerprint density at radius 2 is 1.91 bits per heavy atom. The van der Waals surface area contributed by atoms with Crippen LogP contribution >= 0.6 is 0 Å². The normalized spacial score (nSPS) is 13.7. The van der Waals surface area contributed by atoms with E-state index in [2.05, 4.69) is 24.4 Å². The fourth-order valence-electron chi connectivity index (χ4n) is 2.49. The van der Waals surface area contributed by atoms with E-state index in [1.165, 1.54) is 5.56 Å². The van der Waals surface area contributed by atoms with Crippen LogP contribution in [-0.4, -0.2) is 19.2 Å². The molecular formula is C18H19NO3. The summed E-state index contributed by atoms with van der Waals surface area (Å²) in [7, 11) is 0. The minimum atomic E-state index is -0.0847. The first-order valence-corrected chi connectivity index (χ1v) is 7.47. The number of hydrogen-bond donors (Lipinski definition) is 1. The first-order valence-electron chi connectivity index (χ1n) is 7.47. The Morgan fingerprint density at radius 3 is 2.73 bits per heavy atom. The number of amides is 1. The summed E-state index contributed by atoms with van der Waals surface area (Å²) in [6.07, 6.45) is 0.903. The van der Waals surface area contributed by atoms with Gasteiger partial charge in [0.1, 0.15) is 0 Å². The number of benzene rings is 2. The van der Waals surface area contributed by atoms with Crippen molar-refractivity contribution in [2.24, 2.45) is 0 Å². The number of rotatable bonds is 5. The standard InChI is InChI=1S/C18H19NO3/c1-13(14-5-3-2-4-6-14)9-10-19-18(20)15-7-8-16-17(11-15)22-12-21-16/h2-8,11,13H,9-10,12H2,1H3,(H,19,20). The van der Waals surface area contributed by atoms with Crippen molar-refractivity contribution in [3.63, 3.8) is 0 Å². The second-order valence-electron chi connectivity index (χ2n) is 5.42. The Balaban J connectivity index is 1.52. The van der Waals surface area contributed by atoms with Gasteiger partial charge in [0.15, 0.2) is 11.5 Å². The lowest BCUT2D eigenvalue weighted by Crippen LogP contribution is -2.25. The lowest BCUT2D eigenvalue weighted by Gasteiger charge is -2.12. The van der Waals surface area contributed by atoms with Crippen LogP contribution < -0.4 is 14.8 Å². The molecule has 0 bridgehead atoms. The second-order valence-corrected chi connectivity index (χ2v) is 5.42. The number of nitrogens with one attached hydrogen (secondary N) is 1. The van der Waals surface area contributed by atoms with Gasteiger partial charge in [-0.1, -0.05) is 37.3 Å². The summed E-state index contributed by atoms with van der Waals surface area (Å²) < 4.78 is 10.5. The van der Waals surface area contributed by atoms with Gasteiger partial charge in [-0.05, 0) is 36.1 Å². The summed E-state index contributed by atoms with van der Waals surface area (Å²) in [5.74, 6) is 1.65. The molecule has 4 heteroatoms. The van der Waals surface area contributed by atoms with Crippen molar-refractivity contribution in [1.82, 2.24) is 5.32 Å². The summed E-state index contributed by atoms with van der Waals surface area (Å²) >= 11 is 0. The Hall–Kier alpha value is -2.49. The Bertz CT molecular complexity index is 655. The maximum absolute atomic E-state index is 12.2. The van der Waals surface area contributed by atoms with Gasteiger partial charge < -0.3 is 14.8 Å². The maximum atomic E-state index is 12.2. The third kappa shape index (κ3) is 3.22. The molecule has 3 rings (SSSR count). The second kappa shape index (κ2) is 6.52. The number of carbonyl (C=O) groups excluding carboxylic acids is 1. The van der Waals surface area contributed by atoms with Crippen molar-refractivity contribution >= 4 is 5.91 Å². The Morgan fingerprint density at radius 1 is 1.14 bits per heavy atom. The highest BCUT2D eigenvalue weighted by atomic mass is 16.7. The summed E-state index contributed by atoms with van der Waals surface area (Å²) in [5.41, 5.74) is 1.89. The van der Waals surface area contributed by atoms with Gasteiger partial charge in [0, 0.05) is 12.1 Å². The van der Waals surface area contributed by atoms with Gasteiger partial charge in [0.05, 0.1) is 0 Å². The largest absolute Gasteiger partial charge is 0.454 e. The third-order valence-corrected chi connectivity index (χ3v) is 3.87. The number of carbonyl (C=O) groups is 1. The van der Waals surface area contributed by atoms with E-state index in [0.29, 0.717) is 29.5 Å². The van der Waals surface area contributed by atoms with E-state index < -0.39 is 0 Å². The molecule has 1 heterocycles. The molecule has 22 heavy (non-hydrogen) atoms. The molecule has 0 saturated heterocycles. The quantitative estimate of drug-likeness (QED) is 0.920. The molecular weight excluding hydrogens is 278 g/mol. The fraction of sp³-hybridized carbons (Fsp3) is 0.278. The Kier molecular flexibility index (Phi) is 4.28. The molecule has 1 amide bonds. The third-order valence-electron chi connectivity index (χ3n) is 3.87. The molecule has 0 radical (unpaired) electrons. The molecule has 4 nitrogen and oxygen atoms in total. The summed E-state index contributed by atoms with van der Waals surface area (Å²) in [6, 6.07) is 15.6. The van der Waals surface area contributed by atoms with Crippen LogP contribution in [0.15, 0.2) is 48.5 Å². The zero-order valence-electron chi connectivity index (χ0n) is 12.5. The van der Waals surface area contributed by atoms with E-state index in [0.717, 1.165) is 6.42 Å². The lowest BCUT2D eigenvalue weighted by atomic mass is 9.98. The van der Waals surface area contributed by atoms with Gasteiger partial charge in [-0.25, -0.2) is 0 Å². The SMILES string of the molecule is CC(CCNC(=O)c1ccc2c(c1)OCO2)c1ccccc1. The topological polar surface area (TPSA) is 47.6 Å². The van der Waals surface area contributed by atoms with Crippen LogP contribution in [0.1, 0.15) is 35.2 Å². The molecule has 1 aliphatic rings. The Labute approximate surface area is 130 Å². The molecule has 0 fully saturated rings. The average Bonchev–Trinajstić information content (AvgIpc) is 3.03. The number of hydrogen-bond acceptors (Lipinski definition) is 3. The molecule has 114 valence electrons. The fourth-order valence-corrected chi connectivity index (χ4v) is 2.49. The van der Waals surface area contributed by atoms with Crippen LogP contribution in [0.3, 0.4) is 0 Å². The average molecular weight is 297 g/mol. The van der Waals surface area contributed by atoms with Gasteiger partial charge in [0.25, 0.3) is 5.91 Å². The van der Waals surface area contributed by atoms with Crippen molar-refractivity contribution < 1.29 is 14.3 Å². The van der Waals surface area contributed by atoms with Crippen molar-refractivity contribution in [3.8, 4) is 11.5 Å². The molecule has 0 aromatic heterocycles. The van der Waals surface area contributed by atoms with Gasteiger partial charge >= 0.3 is 0 Å². The van der Waals surface area contributed by atoms with E-state index in [1.54, 1.807) is 18.2 Å². The van der Waals surface area contributed by atoms with Crippen LogP contribution in [0.2, 0.25) is 0 Å². The zero-order valence-corrected chi connectivity index (χ0v) is 12.5. The lowest BCUT2D eigenvalue weighted by molar-refractivity contribution is 0.0952. The van der Waals surface area contributed by atoms with Crippen molar-refractivity contribution in [2.75, 3.05) is 13.3 Å². The smallest absolute Gasteiger partial charge is 0.251 e. The van der Waals surface area contributed by atoms with E-state index in [-0.39, 0.29) is 12.7 Å². The molecule has 0 spiro atoms.